The number of ether oxygens (including phenoxy) is 2. The van der Waals surface area contributed by atoms with Gasteiger partial charge in [-0.05, 0) is 56.5 Å². The number of hydrogen-bond donors (Lipinski definition) is 2. The van der Waals surface area contributed by atoms with Crippen LogP contribution in [0.25, 0.3) is 10.9 Å². The van der Waals surface area contributed by atoms with Crippen molar-refractivity contribution in [2.45, 2.75) is 38.3 Å². The number of carbonyl (C=O) groups is 1. The Morgan fingerprint density at radius 3 is 2.96 bits per heavy atom. The van der Waals surface area contributed by atoms with Crippen molar-refractivity contribution in [1.82, 2.24) is 15.2 Å². The molecule has 1 aromatic heterocycles. The molecule has 2 aliphatic rings. The van der Waals surface area contributed by atoms with E-state index < -0.39 is 0 Å². The number of fused-ring (bicyclic) bond motifs is 1. The van der Waals surface area contributed by atoms with Crippen LogP contribution in [0.4, 0.5) is 0 Å². The van der Waals surface area contributed by atoms with Crippen molar-refractivity contribution in [2.75, 3.05) is 33.4 Å². The number of rotatable bonds is 5. The minimum absolute atomic E-state index is 0.0890. The van der Waals surface area contributed by atoms with Crippen LogP contribution in [0.3, 0.4) is 0 Å². The molecule has 3 heterocycles. The molecule has 2 fully saturated rings. The van der Waals surface area contributed by atoms with Crippen LogP contribution < -0.4 is 10.1 Å². The van der Waals surface area contributed by atoms with Gasteiger partial charge < -0.3 is 19.8 Å². The average molecular weight is 371 g/mol. The largest absolute Gasteiger partial charge is 0.497 e. The summed E-state index contributed by atoms with van der Waals surface area (Å²) in [6.45, 7) is 4.22. The highest BCUT2D eigenvalue weighted by molar-refractivity contribution is 5.82. The minimum atomic E-state index is 0.0890. The molecule has 4 rings (SSSR count). The molecular formula is C21H29N3O3. The zero-order chi connectivity index (χ0) is 18.6. The van der Waals surface area contributed by atoms with Crippen molar-refractivity contribution in [3.63, 3.8) is 0 Å². The summed E-state index contributed by atoms with van der Waals surface area (Å²) >= 11 is 0. The van der Waals surface area contributed by atoms with Gasteiger partial charge >= 0.3 is 0 Å². The van der Waals surface area contributed by atoms with Crippen LogP contribution in [-0.2, 0) is 16.1 Å². The first-order valence-electron chi connectivity index (χ1n) is 9.98. The normalized spacial score (nSPS) is 22.0. The molecule has 0 bridgehead atoms. The van der Waals surface area contributed by atoms with E-state index >= 15 is 0 Å². The predicted molar refractivity (Wildman–Crippen MR) is 105 cm³/mol. The third-order valence-electron chi connectivity index (χ3n) is 5.87. The van der Waals surface area contributed by atoms with Crippen LogP contribution in [0.2, 0.25) is 0 Å². The first-order valence-corrected chi connectivity index (χ1v) is 9.98. The summed E-state index contributed by atoms with van der Waals surface area (Å²) < 4.78 is 10.7. The summed E-state index contributed by atoms with van der Waals surface area (Å²) in [5, 5.41) is 4.23. The van der Waals surface area contributed by atoms with Gasteiger partial charge in [-0.15, -0.1) is 0 Å². The Labute approximate surface area is 160 Å². The first-order chi connectivity index (χ1) is 13.2. The predicted octanol–water partition coefficient (Wildman–Crippen LogP) is 2.68. The zero-order valence-corrected chi connectivity index (χ0v) is 16.0. The number of nitrogens with one attached hydrogen (secondary N) is 2. The molecule has 27 heavy (non-hydrogen) atoms. The molecule has 0 aliphatic carbocycles. The van der Waals surface area contributed by atoms with Gasteiger partial charge in [-0.3, -0.25) is 9.69 Å². The Morgan fingerprint density at radius 1 is 1.30 bits per heavy atom. The Hall–Kier alpha value is -2.05. The molecule has 1 aromatic carbocycles. The smallest absolute Gasteiger partial charge is 0.224 e. The van der Waals surface area contributed by atoms with Crippen molar-refractivity contribution in [3.05, 3.63) is 30.0 Å². The lowest BCUT2D eigenvalue weighted by Crippen LogP contribution is -2.48. The lowest BCUT2D eigenvalue weighted by molar-refractivity contribution is -0.127. The molecule has 6 nitrogen and oxygen atoms in total. The molecule has 2 N–H and O–H groups in total. The Kier molecular flexibility index (Phi) is 5.64. The molecule has 6 heteroatoms. The highest BCUT2D eigenvalue weighted by atomic mass is 16.5. The second-order valence-corrected chi connectivity index (χ2v) is 7.64. The summed E-state index contributed by atoms with van der Waals surface area (Å²) in [5.74, 6) is 1.10. The molecule has 2 aromatic rings. The van der Waals surface area contributed by atoms with Crippen LogP contribution in [0.5, 0.6) is 5.75 Å². The van der Waals surface area contributed by atoms with Crippen LogP contribution in [0.1, 0.15) is 31.4 Å². The second-order valence-electron chi connectivity index (χ2n) is 7.64. The van der Waals surface area contributed by atoms with E-state index in [-0.39, 0.29) is 11.8 Å². The third kappa shape index (κ3) is 4.28. The number of H-pyrrole nitrogens is 1. The maximum atomic E-state index is 12.7. The van der Waals surface area contributed by atoms with Crippen molar-refractivity contribution < 1.29 is 14.3 Å². The lowest BCUT2D eigenvalue weighted by atomic mass is 9.94. The molecule has 1 amide bonds. The number of hydrogen-bond acceptors (Lipinski definition) is 4. The van der Waals surface area contributed by atoms with Crippen molar-refractivity contribution in [1.29, 1.82) is 0 Å². The maximum Gasteiger partial charge on any atom is 0.224 e. The summed E-state index contributed by atoms with van der Waals surface area (Å²) in [7, 11) is 1.67. The highest BCUT2D eigenvalue weighted by Gasteiger charge is 2.30. The summed E-state index contributed by atoms with van der Waals surface area (Å²) in [4.78, 5) is 18.6. The fourth-order valence-electron chi connectivity index (χ4n) is 4.32. The molecule has 0 radical (unpaired) electrons. The van der Waals surface area contributed by atoms with Gasteiger partial charge in [-0.2, -0.15) is 0 Å². The standard InChI is InChI=1S/C21H29N3O3/c1-26-19-4-5-20-16(12-19)11-17(23-20)13-22-21(25)15-3-2-8-24(14-15)18-6-9-27-10-7-18/h4-5,11-12,15,18,23H,2-3,6-10,13-14H2,1H3,(H,22,25). The highest BCUT2D eigenvalue weighted by Crippen LogP contribution is 2.24. The van der Waals surface area contributed by atoms with E-state index in [0.717, 1.165) is 74.3 Å². The van der Waals surface area contributed by atoms with Gasteiger partial charge in [0.2, 0.25) is 5.91 Å². The van der Waals surface area contributed by atoms with E-state index in [4.69, 9.17) is 9.47 Å². The Bertz CT molecular complexity index is 782. The molecule has 1 unspecified atom stereocenters. The molecule has 0 spiro atoms. The number of likely N-dealkylation sites (tertiary alicyclic amines) is 1. The third-order valence-corrected chi connectivity index (χ3v) is 5.87. The average Bonchev–Trinajstić information content (AvgIpc) is 3.14. The summed E-state index contributed by atoms with van der Waals surface area (Å²) in [6, 6.07) is 8.61. The number of benzene rings is 1. The van der Waals surface area contributed by atoms with Crippen LogP contribution >= 0.6 is 0 Å². The van der Waals surface area contributed by atoms with E-state index in [9.17, 15) is 4.79 Å². The molecule has 1 atom stereocenters. The molecule has 2 saturated heterocycles. The van der Waals surface area contributed by atoms with Gasteiger partial charge in [0.15, 0.2) is 0 Å². The van der Waals surface area contributed by atoms with Gasteiger partial charge in [0, 0.05) is 42.4 Å². The van der Waals surface area contributed by atoms with E-state index in [2.05, 4.69) is 21.3 Å². The molecule has 0 saturated carbocycles. The number of nitrogens with zero attached hydrogens (tertiary/aromatic N) is 1. The lowest BCUT2D eigenvalue weighted by Gasteiger charge is -2.39. The van der Waals surface area contributed by atoms with Crippen molar-refractivity contribution in [2.24, 2.45) is 5.92 Å². The van der Waals surface area contributed by atoms with Crippen molar-refractivity contribution in [3.8, 4) is 5.75 Å². The van der Waals surface area contributed by atoms with E-state index in [1.165, 1.54) is 0 Å². The first kappa shape index (κ1) is 18.3. The van der Waals surface area contributed by atoms with Crippen LogP contribution in [0, 0.1) is 5.92 Å². The molecular weight excluding hydrogens is 342 g/mol. The molecule has 2 aliphatic heterocycles. The van der Waals surface area contributed by atoms with Gasteiger partial charge in [0.1, 0.15) is 5.75 Å². The van der Waals surface area contributed by atoms with Gasteiger partial charge in [0.05, 0.1) is 19.6 Å². The number of aromatic nitrogens is 1. The number of aromatic amines is 1. The van der Waals surface area contributed by atoms with E-state index in [1.54, 1.807) is 7.11 Å². The van der Waals surface area contributed by atoms with Gasteiger partial charge in [0.25, 0.3) is 0 Å². The summed E-state index contributed by atoms with van der Waals surface area (Å²) in [5.41, 5.74) is 2.08. The Balaban J connectivity index is 1.33. The SMILES string of the molecule is COc1ccc2[nH]c(CNC(=O)C3CCCN(C4CCOCC4)C3)cc2c1. The number of carbonyl (C=O) groups excluding carboxylic acids is 1. The van der Waals surface area contributed by atoms with Crippen molar-refractivity contribution >= 4 is 16.8 Å². The zero-order valence-electron chi connectivity index (χ0n) is 16.0. The molecule has 146 valence electrons. The van der Waals surface area contributed by atoms with E-state index in [1.807, 2.05) is 18.2 Å². The fraction of sp³-hybridized carbons (Fsp3) is 0.571. The van der Waals surface area contributed by atoms with Gasteiger partial charge in [-0.1, -0.05) is 0 Å². The topological polar surface area (TPSA) is 66.6 Å². The monoisotopic (exact) mass is 371 g/mol. The second kappa shape index (κ2) is 8.31. The minimum Gasteiger partial charge on any atom is -0.497 e. The number of methoxy groups -OCH3 is 1. The van der Waals surface area contributed by atoms with Crippen LogP contribution in [0.15, 0.2) is 24.3 Å². The number of amides is 1. The summed E-state index contributed by atoms with van der Waals surface area (Å²) in [6.07, 6.45) is 4.26. The van der Waals surface area contributed by atoms with E-state index in [0.29, 0.717) is 12.6 Å². The quantitative estimate of drug-likeness (QED) is 0.848. The Morgan fingerprint density at radius 2 is 2.15 bits per heavy atom. The maximum absolute atomic E-state index is 12.7. The van der Waals surface area contributed by atoms with Gasteiger partial charge in [-0.25, -0.2) is 0 Å². The fourth-order valence-corrected chi connectivity index (χ4v) is 4.32. The number of piperidine rings is 1. The van der Waals surface area contributed by atoms with Crippen LogP contribution in [-0.4, -0.2) is 55.2 Å².